The molecule has 0 nitrogen and oxygen atoms in total. The van der Waals surface area contributed by atoms with E-state index in [4.69, 9.17) is 0 Å². The van der Waals surface area contributed by atoms with Crippen molar-refractivity contribution in [1.82, 2.24) is 0 Å². The molecule has 4 heavy (non-hydrogen) atoms. The second-order valence-electron chi connectivity index (χ2n) is 0. The molecule has 0 aromatic rings. The summed E-state index contributed by atoms with van der Waals surface area (Å²) in [6.45, 7) is 0. The molecule has 0 aromatic carbocycles. The Hall–Kier alpha value is 1.93. The summed E-state index contributed by atoms with van der Waals surface area (Å²) in [5, 5.41) is 0. The molecule has 0 aliphatic heterocycles. The Kier molecular flexibility index (Phi) is 198. The van der Waals surface area contributed by atoms with Crippen molar-refractivity contribution in [3.63, 3.8) is 0 Å². The number of halogens is 2. The van der Waals surface area contributed by atoms with Gasteiger partial charge in [-0.05, 0) is 0 Å². The van der Waals surface area contributed by atoms with Crippen LogP contribution in [0.4, 0.5) is 0 Å². The minimum absolute atomic E-state index is 0. The first-order valence-electron chi connectivity index (χ1n) is 0. The van der Waals surface area contributed by atoms with Gasteiger partial charge in [0.05, 0.1) is 0 Å². The summed E-state index contributed by atoms with van der Waals surface area (Å²) in [4.78, 5) is 0. The predicted octanol–water partition coefficient (Wildman–Crippen LogP) is -6.00. The van der Waals surface area contributed by atoms with Gasteiger partial charge in [-0.25, -0.2) is 0 Å². The Morgan fingerprint density at radius 2 is 0.750 bits per heavy atom. The zero-order chi connectivity index (χ0) is 0. The van der Waals surface area contributed by atoms with Gasteiger partial charge < -0.3 is 24.8 Å². The van der Waals surface area contributed by atoms with Gasteiger partial charge >= 0.3 is 20.4 Å². The monoisotopic (exact) mass is 371 g/mol. The van der Waals surface area contributed by atoms with E-state index in [2.05, 4.69) is 0 Å². The summed E-state index contributed by atoms with van der Waals surface area (Å²) in [7, 11) is 0. The van der Waals surface area contributed by atoms with Crippen LogP contribution in [0.1, 0.15) is 0 Å². The van der Waals surface area contributed by atoms with Crippen LogP contribution < -0.4 is 24.8 Å². The fraction of sp³-hybridized carbons (Fsp3) is 0. The van der Waals surface area contributed by atoms with Gasteiger partial charge in [-0.15, -0.1) is 0 Å². The summed E-state index contributed by atoms with van der Waals surface area (Å²) in [6.07, 6.45) is 0. The van der Waals surface area contributed by atoms with Crippen LogP contribution in [0.5, 0.6) is 0 Å². The molecule has 0 saturated carbocycles. The van der Waals surface area contributed by atoms with Crippen LogP contribution in [0.3, 0.4) is 0 Å². The molecule has 0 rings (SSSR count). The topological polar surface area (TPSA) is 0 Å². The summed E-state index contributed by atoms with van der Waals surface area (Å²) < 4.78 is 0. The van der Waals surface area contributed by atoms with E-state index in [0.29, 0.717) is 0 Å². The summed E-state index contributed by atoms with van der Waals surface area (Å²) in [5.41, 5.74) is 0. The van der Waals surface area contributed by atoms with Gasteiger partial charge in [-0.2, -0.15) is 0 Å². The number of hydrogen-bond acceptors (Lipinski definition) is 0. The molecular formula is Cl2PdPt. The Bertz CT molecular complexity index is 6.00. The molecule has 0 spiro atoms. The van der Waals surface area contributed by atoms with E-state index in [1.165, 1.54) is 0 Å². The van der Waals surface area contributed by atoms with Crippen molar-refractivity contribution >= 4 is 0 Å². The SMILES string of the molecule is [Cl-].[Cl-].[Pd+2].[Pt]. The predicted molar refractivity (Wildman–Crippen MR) is 0 cm³/mol. The Labute approximate surface area is 65.8 Å². The number of hydrogen-bond donors (Lipinski definition) is 0. The van der Waals surface area contributed by atoms with Crippen LogP contribution >= 0.6 is 0 Å². The van der Waals surface area contributed by atoms with E-state index in [9.17, 15) is 0 Å². The first-order valence-corrected chi connectivity index (χ1v) is 0. The molecule has 0 aliphatic carbocycles. The van der Waals surface area contributed by atoms with Crippen LogP contribution in [0, 0.1) is 0 Å². The third kappa shape index (κ3) is 9.06. The first kappa shape index (κ1) is 38.7. The molecule has 0 heterocycles. The van der Waals surface area contributed by atoms with Crippen LogP contribution in [0.2, 0.25) is 0 Å². The van der Waals surface area contributed by atoms with Gasteiger partial charge in [0.15, 0.2) is 0 Å². The summed E-state index contributed by atoms with van der Waals surface area (Å²) in [6, 6.07) is 0. The molecule has 0 amide bonds. The molecule has 0 unspecified atom stereocenters. The van der Waals surface area contributed by atoms with Gasteiger partial charge in [0, 0.05) is 21.1 Å². The maximum Gasteiger partial charge on any atom is 2.00 e. The third-order valence-electron chi connectivity index (χ3n) is 0. The van der Waals surface area contributed by atoms with Gasteiger partial charge in [-0.1, -0.05) is 0 Å². The van der Waals surface area contributed by atoms with Crippen molar-refractivity contribution in [2.24, 2.45) is 0 Å². The maximum absolute atomic E-state index is 0. The smallest absolute Gasteiger partial charge is 1.00 e. The molecular weight excluding hydrogens is 372 g/mol. The Balaban J connectivity index is 0. The van der Waals surface area contributed by atoms with Crippen molar-refractivity contribution in [2.75, 3.05) is 0 Å². The van der Waals surface area contributed by atoms with Gasteiger partial charge in [0.25, 0.3) is 0 Å². The van der Waals surface area contributed by atoms with E-state index in [0.717, 1.165) is 0 Å². The minimum atomic E-state index is 0. The van der Waals surface area contributed by atoms with Gasteiger partial charge in [-0.3, -0.25) is 0 Å². The zero-order valence-electron chi connectivity index (χ0n) is 1.39. The van der Waals surface area contributed by atoms with E-state index < -0.39 is 0 Å². The second-order valence-corrected chi connectivity index (χ2v) is 0. The molecule has 0 aliphatic rings. The molecule has 0 aromatic heterocycles. The van der Waals surface area contributed by atoms with Crippen molar-refractivity contribution in [2.45, 2.75) is 0 Å². The zero-order valence-corrected chi connectivity index (χ0v) is 6.73. The molecule has 0 atom stereocenters. The van der Waals surface area contributed by atoms with Crippen LogP contribution in [0.15, 0.2) is 0 Å². The first-order chi connectivity index (χ1) is 0. The third-order valence-corrected chi connectivity index (χ3v) is 0. The standard InChI is InChI=1S/2ClH.Pd.Pt/h2*1H;;/q;;+2;/p-2. The summed E-state index contributed by atoms with van der Waals surface area (Å²) in [5.74, 6) is 0. The molecule has 0 N–H and O–H groups in total. The molecule has 0 fully saturated rings. The van der Waals surface area contributed by atoms with E-state index >= 15 is 0 Å². The second kappa shape index (κ2) is 20.4. The normalized spacial score (nSPS) is 0. The maximum atomic E-state index is 0. The summed E-state index contributed by atoms with van der Waals surface area (Å²) >= 11 is 0. The fourth-order valence-electron chi connectivity index (χ4n) is 0. The van der Waals surface area contributed by atoms with Gasteiger partial charge in [0.2, 0.25) is 0 Å². The van der Waals surface area contributed by atoms with E-state index in [-0.39, 0.29) is 66.3 Å². The average molecular weight is 372 g/mol. The van der Waals surface area contributed by atoms with Crippen molar-refractivity contribution < 1.29 is 66.3 Å². The van der Waals surface area contributed by atoms with Crippen molar-refractivity contribution in [1.29, 1.82) is 0 Å². The Morgan fingerprint density at radius 3 is 0.750 bits per heavy atom. The van der Waals surface area contributed by atoms with Crippen molar-refractivity contribution in [3.05, 3.63) is 0 Å². The number of rotatable bonds is 0. The molecule has 0 saturated heterocycles. The van der Waals surface area contributed by atoms with E-state index in [1.54, 1.807) is 0 Å². The van der Waals surface area contributed by atoms with Crippen LogP contribution in [0.25, 0.3) is 0 Å². The molecule has 34 valence electrons. The largest absolute Gasteiger partial charge is 2.00 e. The van der Waals surface area contributed by atoms with Crippen LogP contribution in [-0.2, 0) is 41.5 Å². The van der Waals surface area contributed by atoms with Gasteiger partial charge in [0.1, 0.15) is 0 Å². The minimum Gasteiger partial charge on any atom is -1.00 e. The molecule has 0 radical (unpaired) electrons. The van der Waals surface area contributed by atoms with Crippen molar-refractivity contribution in [3.8, 4) is 0 Å². The Morgan fingerprint density at radius 1 is 0.750 bits per heavy atom. The fourth-order valence-corrected chi connectivity index (χ4v) is 0. The molecule has 4 heteroatoms. The van der Waals surface area contributed by atoms with E-state index in [1.807, 2.05) is 0 Å². The van der Waals surface area contributed by atoms with Crippen LogP contribution in [-0.4, -0.2) is 0 Å². The quantitative estimate of drug-likeness (QED) is 0.372. The molecule has 0 bridgehead atoms. The average Bonchev–Trinajstić information content (AvgIpc) is 0.